The first kappa shape index (κ1) is 22.7. The van der Waals surface area contributed by atoms with Crippen molar-refractivity contribution in [3.8, 4) is 5.75 Å². The summed E-state index contributed by atoms with van der Waals surface area (Å²) in [4.78, 5) is 22.9. The SMILES string of the molecule is CC(C)(C)OC(=O)NCCCCCC(=O)Oc1c(F)c(F)c(F)c(F)c1F. The van der Waals surface area contributed by atoms with Crippen molar-refractivity contribution < 1.29 is 41.0 Å². The lowest BCUT2D eigenvalue weighted by atomic mass is 10.2. The Hall–Kier alpha value is -2.39. The molecule has 27 heavy (non-hydrogen) atoms. The Morgan fingerprint density at radius 1 is 0.852 bits per heavy atom. The van der Waals surface area contributed by atoms with Crippen molar-refractivity contribution in [2.75, 3.05) is 6.54 Å². The highest BCUT2D eigenvalue weighted by Gasteiger charge is 2.28. The number of carbonyl (C=O) groups excluding carboxylic acids is 2. The van der Waals surface area contributed by atoms with Crippen LogP contribution in [-0.2, 0) is 9.53 Å². The van der Waals surface area contributed by atoms with Crippen molar-refractivity contribution in [2.24, 2.45) is 0 Å². The number of benzene rings is 1. The molecule has 5 nitrogen and oxygen atoms in total. The van der Waals surface area contributed by atoms with E-state index in [0.29, 0.717) is 12.8 Å². The van der Waals surface area contributed by atoms with Crippen LogP contribution in [0.25, 0.3) is 0 Å². The van der Waals surface area contributed by atoms with Gasteiger partial charge in [-0.05, 0) is 33.6 Å². The minimum atomic E-state index is -2.33. The number of rotatable bonds is 7. The molecular formula is C17H20F5NO4. The van der Waals surface area contributed by atoms with E-state index in [1.807, 2.05) is 0 Å². The number of hydrogen-bond donors (Lipinski definition) is 1. The monoisotopic (exact) mass is 397 g/mol. The van der Waals surface area contributed by atoms with E-state index in [0.717, 1.165) is 0 Å². The number of carbonyl (C=O) groups is 2. The van der Waals surface area contributed by atoms with Crippen LogP contribution in [0.5, 0.6) is 5.75 Å². The molecule has 0 aliphatic carbocycles. The Labute approximate surface area is 152 Å². The van der Waals surface area contributed by atoms with Crippen LogP contribution < -0.4 is 10.1 Å². The molecule has 1 aromatic carbocycles. The van der Waals surface area contributed by atoms with Gasteiger partial charge >= 0.3 is 12.1 Å². The predicted octanol–water partition coefficient (Wildman–Crippen LogP) is 4.37. The fourth-order valence-corrected chi connectivity index (χ4v) is 1.91. The normalized spacial score (nSPS) is 11.3. The van der Waals surface area contributed by atoms with Gasteiger partial charge in [0, 0.05) is 13.0 Å². The van der Waals surface area contributed by atoms with E-state index in [-0.39, 0.29) is 19.4 Å². The van der Waals surface area contributed by atoms with Gasteiger partial charge in [-0.3, -0.25) is 4.79 Å². The molecule has 1 aromatic rings. The minimum Gasteiger partial charge on any atom is -0.444 e. The number of ether oxygens (including phenoxy) is 2. The molecule has 10 heteroatoms. The topological polar surface area (TPSA) is 64.6 Å². The number of alkyl carbamates (subject to hydrolysis) is 1. The maximum Gasteiger partial charge on any atom is 0.407 e. The molecule has 0 aromatic heterocycles. The van der Waals surface area contributed by atoms with Crippen molar-refractivity contribution in [2.45, 2.75) is 52.1 Å². The number of hydrogen-bond acceptors (Lipinski definition) is 4. The number of nitrogens with one attached hydrogen (secondary N) is 1. The summed E-state index contributed by atoms with van der Waals surface area (Å²) in [6.45, 7) is 5.41. The maximum absolute atomic E-state index is 13.4. The zero-order valence-electron chi connectivity index (χ0n) is 15.1. The Balaban J connectivity index is 2.38. The van der Waals surface area contributed by atoms with Gasteiger partial charge in [0.05, 0.1) is 0 Å². The first-order valence-corrected chi connectivity index (χ1v) is 8.13. The van der Waals surface area contributed by atoms with Gasteiger partial charge in [0.2, 0.25) is 34.8 Å². The van der Waals surface area contributed by atoms with Crippen molar-refractivity contribution in [1.82, 2.24) is 5.32 Å². The van der Waals surface area contributed by atoms with Gasteiger partial charge in [-0.25, -0.2) is 18.0 Å². The van der Waals surface area contributed by atoms with E-state index in [1.54, 1.807) is 20.8 Å². The number of unbranched alkanes of at least 4 members (excludes halogenated alkanes) is 2. The zero-order valence-corrected chi connectivity index (χ0v) is 15.1. The second kappa shape index (κ2) is 9.52. The molecule has 0 saturated carbocycles. The highest BCUT2D eigenvalue weighted by Crippen LogP contribution is 2.29. The highest BCUT2D eigenvalue weighted by molar-refractivity contribution is 5.72. The Bertz CT molecular complexity index is 675. The van der Waals surface area contributed by atoms with Gasteiger partial charge in [-0.2, -0.15) is 8.78 Å². The first-order valence-electron chi connectivity index (χ1n) is 8.13. The molecule has 0 saturated heterocycles. The van der Waals surface area contributed by atoms with Crippen LogP contribution in [0, 0.1) is 29.1 Å². The van der Waals surface area contributed by atoms with Gasteiger partial charge in [0.25, 0.3) is 0 Å². The van der Waals surface area contributed by atoms with Crippen LogP contribution in [0.4, 0.5) is 26.7 Å². The van der Waals surface area contributed by atoms with Crippen LogP contribution >= 0.6 is 0 Å². The molecule has 1 N–H and O–H groups in total. The number of halogens is 5. The lowest BCUT2D eigenvalue weighted by Crippen LogP contribution is -2.33. The predicted molar refractivity (Wildman–Crippen MR) is 84.6 cm³/mol. The molecule has 0 spiro atoms. The Kier molecular flexibility index (Phi) is 7.98. The highest BCUT2D eigenvalue weighted by atomic mass is 19.2. The van der Waals surface area contributed by atoms with E-state index in [9.17, 15) is 31.5 Å². The lowest BCUT2D eigenvalue weighted by molar-refractivity contribution is -0.135. The second-order valence-electron chi connectivity index (χ2n) is 6.61. The van der Waals surface area contributed by atoms with Gasteiger partial charge in [0.1, 0.15) is 5.60 Å². The minimum absolute atomic E-state index is 0.226. The average Bonchev–Trinajstić information content (AvgIpc) is 2.56. The standard InChI is InChI=1S/C17H20F5NO4/c1-17(2,3)27-16(25)23-8-6-4-5-7-9(24)26-15-13(21)11(19)10(18)12(20)14(15)22/h4-8H2,1-3H3,(H,23,25). The van der Waals surface area contributed by atoms with Crippen molar-refractivity contribution >= 4 is 12.1 Å². The molecular weight excluding hydrogens is 377 g/mol. The van der Waals surface area contributed by atoms with E-state index < -0.39 is 52.5 Å². The summed E-state index contributed by atoms with van der Waals surface area (Å²) < 4.78 is 75.0. The zero-order chi connectivity index (χ0) is 20.8. The number of amides is 1. The van der Waals surface area contributed by atoms with Crippen molar-refractivity contribution in [1.29, 1.82) is 0 Å². The molecule has 152 valence electrons. The summed E-state index contributed by atoms with van der Waals surface area (Å²) >= 11 is 0. The molecule has 0 atom stereocenters. The molecule has 0 radical (unpaired) electrons. The maximum atomic E-state index is 13.4. The van der Waals surface area contributed by atoms with Gasteiger partial charge in [0.15, 0.2) is 0 Å². The van der Waals surface area contributed by atoms with Gasteiger partial charge < -0.3 is 14.8 Å². The van der Waals surface area contributed by atoms with Crippen LogP contribution in [0.15, 0.2) is 0 Å². The molecule has 0 aliphatic heterocycles. The van der Waals surface area contributed by atoms with Gasteiger partial charge in [-0.1, -0.05) is 6.42 Å². The first-order chi connectivity index (χ1) is 12.4. The van der Waals surface area contributed by atoms with E-state index >= 15 is 0 Å². The molecule has 0 heterocycles. The average molecular weight is 397 g/mol. The molecule has 0 bridgehead atoms. The third kappa shape index (κ3) is 7.03. The number of esters is 1. The fourth-order valence-electron chi connectivity index (χ4n) is 1.91. The summed E-state index contributed by atoms with van der Waals surface area (Å²) in [7, 11) is 0. The summed E-state index contributed by atoms with van der Waals surface area (Å²) in [5.41, 5.74) is -0.627. The Morgan fingerprint density at radius 2 is 1.37 bits per heavy atom. The molecule has 1 amide bonds. The molecule has 0 unspecified atom stereocenters. The smallest absolute Gasteiger partial charge is 0.407 e. The third-order valence-corrected chi connectivity index (χ3v) is 3.11. The van der Waals surface area contributed by atoms with E-state index in [1.165, 1.54) is 0 Å². The summed E-state index contributed by atoms with van der Waals surface area (Å²) in [5, 5.41) is 2.50. The quantitative estimate of drug-likeness (QED) is 0.185. The summed E-state index contributed by atoms with van der Waals surface area (Å²) in [5.74, 6) is -13.9. The van der Waals surface area contributed by atoms with E-state index in [2.05, 4.69) is 10.1 Å². The fraction of sp³-hybridized carbons (Fsp3) is 0.529. The van der Waals surface area contributed by atoms with Gasteiger partial charge in [-0.15, -0.1) is 0 Å². The lowest BCUT2D eigenvalue weighted by Gasteiger charge is -2.19. The third-order valence-electron chi connectivity index (χ3n) is 3.11. The van der Waals surface area contributed by atoms with Crippen LogP contribution in [0.2, 0.25) is 0 Å². The Morgan fingerprint density at radius 3 is 1.89 bits per heavy atom. The second-order valence-corrected chi connectivity index (χ2v) is 6.61. The molecule has 0 aliphatic rings. The van der Waals surface area contributed by atoms with E-state index in [4.69, 9.17) is 4.74 Å². The molecule has 1 rings (SSSR count). The summed E-state index contributed by atoms with van der Waals surface area (Å²) in [6, 6.07) is 0. The van der Waals surface area contributed by atoms with Crippen LogP contribution in [-0.4, -0.2) is 24.2 Å². The van der Waals surface area contributed by atoms with Crippen molar-refractivity contribution in [3.05, 3.63) is 29.1 Å². The summed E-state index contributed by atoms with van der Waals surface area (Å²) in [6.07, 6.45) is 0.265. The largest absolute Gasteiger partial charge is 0.444 e. The van der Waals surface area contributed by atoms with Crippen LogP contribution in [0.1, 0.15) is 46.5 Å². The van der Waals surface area contributed by atoms with Crippen LogP contribution in [0.3, 0.4) is 0 Å². The molecule has 0 fully saturated rings. The van der Waals surface area contributed by atoms with Crippen molar-refractivity contribution in [3.63, 3.8) is 0 Å².